The van der Waals surface area contributed by atoms with Gasteiger partial charge in [-0.05, 0) is 61.0 Å². The van der Waals surface area contributed by atoms with Gasteiger partial charge in [-0.3, -0.25) is 10.1 Å². The third kappa shape index (κ3) is 6.39. The van der Waals surface area contributed by atoms with Crippen LogP contribution in [0.5, 0.6) is 0 Å². The smallest absolute Gasteiger partial charge is 0.412 e. The molecule has 1 fully saturated rings. The summed E-state index contributed by atoms with van der Waals surface area (Å²) in [5.74, 6) is -1.13. The third-order valence-corrected chi connectivity index (χ3v) is 6.01. The topological polar surface area (TPSA) is 117 Å². The van der Waals surface area contributed by atoms with E-state index in [9.17, 15) is 14.0 Å². The number of ether oxygens (including phenoxy) is 2. The van der Waals surface area contributed by atoms with Gasteiger partial charge in [0.2, 0.25) is 5.78 Å². The Morgan fingerprint density at radius 3 is 2.65 bits per heavy atom. The number of pyridine rings is 1. The number of carbonyl (C=O) groups is 2. The molecular formula is C22H26FIN5O4P. The maximum Gasteiger partial charge on any atom is 0.412 e. The van der Waals surface area contributed by atoms with Crippen molar-refractivity contribution in [3.63, 3.8) is 0 Å². The van der Waals surface area contributed by atoms with E-state index in [-0.39, 0.29) is 34.6 Å². The molecule has 3 N–H and O–H groups in total. The molecule has 2 heterocycles. The molecule has 0 bridgehead atoms. The fraction of sp³-hybridized carbons (Fsp3) is 0.364. The van der Waals surface area contributed by atoms with Gasteiger partial charge in [0.15, 0.2) is 0 Å². The summed E-state index contributed by atoms with van der Waals surface area (Å²) in [7, 11) is 0. The molecule has 1 unspecified atom stereocenters. The van der Waals surface area contributed by atoms with Gasteiger partial charge in [0.05, 0.1) is 36.5 Å². The van der Waals surface area contributed by atoms with Gasteiger partial charge in [-0.1, -0.05) is 0 Å². The lowest BCUT2D eigenvalue weighted by molar-refractivity contribution is 0.0636. The Labute approximate surface area is 212 Å². The molecule has 2 aromatic rings. The molecule has 0 spiro atoms. The zero-order valence-electron chi connectivity index (χ0n) is 19.0. The number of morpholine rings is 1. The quantitative estimate of drug-likeness (QED) is 0.177. The summed E-state index contributed by atoms with van der Waals surface area (Å²) in [6.45, 7) is 7.60. The van der Waals surface area contributed by atoms with Gasteiger partial charge in [-0.25, -0.2) is 14.2 Å². The first kappa shape index (κ1) is 26.2. The van der Waals surface area contributed by atoms with Gasteiger partial charge >= 0.3 is 6.09 Å². The zero-order valence-corrected chi connectivity index (χ0v) is 22.2. The highest BCUT2D eigenvalue weighted by atomic mass is 127. The second kappa shape index (κ2) is 11.4. The average molecular weight is 601 g/mol. The SMILES string of the molecule is CC(C)(C)OC(=O)Nc1cc(N2CCOCC2)cnc1C(=O)c1ccc(F)c(NPI)c1C=N. The first-order valence-electron chi connectivity index (χ1n) is 10.5. The molecule has 0 saturated carbocycles. The monoisotopic (exact) mass is 601 g/mol. The highest BCUT2D eigenvalue weighted by Gasteiger charge is 2.25. The molecule has 1 aliphatic rings. The van der Waals surface area contributed by atoms with Crippen LogP contribution < -0.4 is 15.3 Å². The summed E-state index contributed by atoms with van der Waals surface area (Å²) >= 11 is 2.04. The van der Waals surface area contributed by atoms with Crippen LogP contribution in [0, 0.1) is 11.2 Å². The summed E-state index contributed by atoms with van der Waals surface area (Å²) < 4.78 is 25.1. The van der Waals surface area contributed by atoms with Gasteiger partial charge in [-0.2, -0.15) is 0 Å². The molecule has 1 aliphatic heterocycles. The first-order chi connectivity index (χ1) is 16.1. The number of benzene rings is 1. The van der Waals surface area contributed by atoms with Crippen LogP contribution in [-0.2, 0) is 9.47 Å². The minimum atomic E-state index is -0.741. The van der Waals surface area contributed by atoms with Crippen molar-refractivity contribution >= 4 is 63.6 Å². The Kier molecular flexibility index (Phi) is 8.78. The molecular weight excluding hydrogens is 575 g/mol. The number of hydrogen-bond acceptors (Lipinski definition) is 8. The highest BCUT2D eigenvalue weighted by molar-refractivity contribution is 14.2. The van der Waals surface area contributed by atoms with Gasteiger partial charge < -0.3 is 24.9 Å². The fourth-order valence-corrected chi connectivity index (χ4v) is 4.54. The van der Waals surface area contributed by atoms with E-state index in [1.807, 2.05) is 26.9 Å². The number of rotatable bonds is 7. The molecule has 1 saturated heterocycles. The number of anilines is 3. The Morgan fingerprint density at radius 1 is 1.32 bits per heavy atom. The van der Waals surface area contributed by atoms with E-state index in [4.69, 9.17) is 14.9 Å². The molecule has 12 heteroatoms. The average Bonchev–Trinajstić information content (AvgIpc) is 2.79. The van der Waals surface area contributed by atoms with Gasteiger partial charge in [0, 0.05) is 36.8 Å². The van der Waals surface area contributed by atoms with Crippen molar-refractivity contribution < 1.29 is 23.5 Å². The number of carbonyl (C=O) groups excluding carboxylic acids is 2. The number of ketones is 1. The van der Waals surface area contributed by atoms with Crippen LogP contribution in [0.2, 0.25) is 0 Å². The van der Waals surface area contributed by atoms with Crippen molar-refractivity contribution in [1.29, 1.82) is 5.41 Å². The van der Waals surface area contributed by atoms with Crippen molar-refractivity contribution in [1.82, 2.24) is 4.98 Å². The van der Waals surface area contributed by atoms with Crippen LogP contribution >= 0.6 is 28.4 Å². The second-order valence-electron chi connectivity index (χ2n) is 8.39. The van der Waals surface area contributed by atoms with Crippen LogP contribution in [0.15, 0.2) is 24.4 Å². The molecule has 1 aromatic carbocycles. The molecule has 0 aliphatic carbocycles. The number of nitrogens with zero attached hydrogens (tertiary/aromatic N) is 2. The van der Waals surface area contributed by atoms with Crippen LogP contribution in [0.4, 0.5) is 26.2 Å². The second-order valence-corrected chi connectivity index (χ2v) is 10.4. The van der Waals surface area contributed by atoms with E-state index >= 15 is 0 Å². The molecule has 1 amide bonds. The summed E-state index contributed by atoms with van der Waals surface area (Å²) in [4.78, 5) is 32.5. The molecule has 1 atom stereocenters. The normalized spacial score (nSPS) is 14.2. The molecule has 9 nitrogen and oxygen atoms in total. The zero-order chi connectivity index (χ0) is 24.9. The number of aromatic nitrogens is 1. The van der Waals surface area contributed by atoms with Crippen molar-refractivity contribution in [2.45, 2.75) is 26.4 Å². The summed E-state index contributed by atoms with van der Waals surface area (Å²) in [6, 6.07) is 4.14. The molecule has 182 valence electrons. The fourth-order valence-electron chi connectivity index (χ4n) is 3.38. The lowest BCUT2D eigenvalue weighted by Gasteiger charge is -2.29. The van der Waals surface area contributed by atoms with Crippen LogP contribution in [0.25, 0.3) is 0 Å². The third-order valence-electron chi connectivity index (χ3n) is 4.86. The maximum atomic E-state index is 14.4. The number of amides is 1. The first-order valence-corrected chi connectivity index (χ1v) is 14.6. The number of halogens is 2. The Balaban J connectivity index is 2.05. The number of nitrogens with one attached hydrogen (secondary N) is 3. The highest BCUT2D eigenvalue weighted by Crippen LogP contribution is 2.32. The van der Waals surface area contributed by atoms with Gasteiger partial charge in [0.1, 0.15) is 17.1 Å². The van der Waals surface area contributed by atoms with E-state index < -0.39 is 23.3 Å². The predicted molar refractivity (Wildman–Crippen MR) is 141 cm³/mol. The largest absolute Gasteiger partial charge is 0.444 e. The lowest BCUT2D eigenvalue weighted by atomic mass is 9.99. The standard InChI is InChI=1S/C22H26FIN5O4P/c1-22(2,3)33-21(31)27-17-10-13(29-6-8-32-9-7-29)12-26-19(17)20(30)14-4-5-16(23)18(28-34-24)15(14)11-25/h4-5,10-12,25,28,34H,6-9H2,1-3H3,(H,27,31). The Hall–Kier alpha value is -2.37. The number of hydrogen-bond donors (Lipinski definition) is 3. The van der Waals surface area contributed by atoms with Crippen LogP contribution in [-0.4, -0.2) is 55.0 Å². The van der Waals surface area contributed by atoms with Crippen molar-refractivity contribution in [3.05, 3.63) is 47.0 Å². The minimum Gasteiger partial charge on any atom is -0.444 e. The Bertz CT molecular complexity index is 1090. The predicted octanol–water partition coefficient (Wildman–Crippen LogP) is 4.99. The molecule has 3 rings (SSSR count). The van der Waals surface area contributed by atoms with E-state index in [0.717, 1.165) is 6.21 Å². The summed E-state index contributed by atoms with van der Waals surface area (Å²) in [5.41, 5.74) is 0.359. The van der Waals surface area contributed by atoms with Crippen molar-refractivity contribution in [2.24, 2.45) is 0 Å². The van der Waals surface area contributed by atoms with E-state index in [2.05, 4.69) is 15.4 Å². The molecule has 1 aromatic heterocycles. The van der Waals surface area contributed by atoms with E-state index in [1.165, 1.54) is 12.1 Å². The molecule has 34 heavy (non-hydrogen) atoms. The van der Waals surface area contributed by atoms with Crippen molar-refractivity contribution in [3.8, 4) is 0 Å². The van der Waals surface area contributed by atoms with Crippen molar-refractivity contribution in [2.75, 3.05) is 41.6 Å². The minimum absolute atomic E-state index is 0.0413. The lowest BCUT2D eigenvalue weighted by Crippen LogP contribution is -2.36. The Morgan fingerprint density at radius 2 is 2.03 bits per heavy atom. The summed E-state index contributed by atoms with van der Waals surface area (Å²) in [5, 5.41) is 13.3. The van der Waals surface area contributed by atoms with Crippen LogP contribution in [0.3, 0.4) is 0 Å². The maximum absolute atomic E-state index is 14.4. The molecule has 0 radical (unpaired) electrons. The van der Waals surface area contributed by atoms with Crippen LogP contribution in [0.1, 0.15) is 42.4 Å². The van der Waals surface area contributed by atoms with Gasteiger partial charge in [-0.15, -0.1) is 0 Å². The van der Waals surface area contributed by atoms with E-state index in [0.29, 0.717) is 32.0 Å². The summed E-state index contributed by atoms with van der Waals surface area (Å²) in [6.07, 6.45) is 1.89. The van der Waals surface area contributed by atoms with E-state index in [1.54, 1.807) is 33.0 Å². The van der Waals surface area contributed by atoms with Gasteiger partial charge in [0.25, 0.3) is 0 Å².